The van der Waals surface area contributed by atoms with E-state index in [1.165, 1.54) is 0 Å². The molecule has 1 aromatic rings. The number of furan rings is 1. The first-order valence-corrected chi connectivity index (χ1v) is 7.81. The van der Waals surface area contributed by atoms with Gasteiger partial charge in [0.05, 0.1) is 12.4 Å². The van der Waals surface area contributed by atoms with Crippen LogP contribution in [0.5, 0.6) is 0 Å². The number of ether oxygens (including phenoxy) is 1. The Morgan fingerprint density at radius 3 is 3.05 bits per heavy atom. The summed E-state index contributed by atoms with van der Waals surface area (Å²) in [5.74, 6) is 2.34. The highest BCUT2D eigenvalue weighted by Gasteiger charge is 2.59. The number of nitrogens with zero attached hydrogens (tertiary/aromatic N) is 1. The van der Waals surface area contributed by atoms with Crippen molar-refractivity contribution in [1.82, 2.24) is 10.6 Å². The number of hydrogen-bond acceptors (Lipinski definition) is 3. The van der Waals surface area contributed by atoms with Crippen LogP contribution < -0.4 is 10.6 Å². The van der Waals surface area contributed by atoms with Gasteiger partial charge in [-0.15, -0.1) is 0 Å². The molecule has 0 bridgehead atoms. The molecule has 0 spiro atoms. The molecule has 2 aliphatic rings. The number of aliphatic imine (C=N–C) groups is 1. The highest BCUT2D eigenvalue weighted by molar-refractivity contribution is 5.80. The number of hydrogen-bond donors (Lipinski definition) is 2. The smallest absolute Gasteiger partial charge is 0.191 e. The van der Waals surface area contributed by atoms with Crippen molar-refractivity contribution in [1.29, 1.82) is 0 Å². The van der Waals surface area contributed by atoms with Crippen LogP contribution in [0.2, 0.25) is 0 Å². The first-order valence-electron chi connectivity index (χ1n) is 7.81. The van der Waals surface area contributed by atoms with Gasteiger partial charge < -0.3 is 19.8 Å². The SMILES string of the molecule is CCNC(=NCc1ccco1)NC1C2CCOC2C1(C)C. The predicted octanol–water partition coefficient (Wildman–Crippen LogP) is 2.15. The molecule has 0 aromatic carbocycles. The number of rotatable bonds is 4. The predicted molar refractivity (Wildman–Crippen MR) is 82.1 cm³/mol. The van der Waals surface area contributed by atoms with E-state index in [0.29, 0.717) is 24.6 Å². The third-order valence-corrected chi connectivity index (χ3v) is 4.71. The minimum absolute atomic E-state index is 0.155. The fourth-order valence-corrected chi connectivity index (χ4v) is 3.64. The van der Waals surface area contributed by atoms with Crippen LogP contribution in [0.25, 0.3) is 0 Å². The van der Waals surface area contributed by atoms with Crippen molar-refractivity contribution >= 4 is 5.96 Å². The van der Waals surface area contributed by atoms with Gasteiger partial charge >= 0.3 is 0 Å². The molecular weight excluding hydrogens is 266 g/mol. The minimum Gasteiger partial charge on any atom is -0.467 e. The van der Waals surface area contributed by atoms with Crippen molar-refractivity contribution in [2.45, 2.75) is 45.9 Å². The molecule has 1 aliphatic carbocycles. The van der Waals surface area contributed by atoms with Gasteiger partial charge in [-0.25, -0.2) is 4.99 Å². The van der Waals surface area contributed by atoms with Crippen molar-refractivity contribution < 1.29 is 9.15 Å². The molecular formula is C16H25N3O2. The molecule has 3 rings (SSSR count). The lowest BCUT2D eigenvalue weighted by Crippen LogP contribution is -2.67. The van der Waals surface area contributed by atoms with E-state index in [9.17, 15) is 0 Å². The molecule has 1 saturated heterocycles. The Bertz CT molecular complexity index is 496. The van der Waals surface area contributed by atoms with E-state index >= 15 is 0 Å². The lowest BCUT2D eigenvalue weighted by atomic mass is 9.57. The average Bonchev–Trinajstić information content (AvgIpc) is 3.11. The zero-order valence-corrected chi connectivity index (χ0v) is 13.1. The highest BCUT2D eigenvalue weighted by atomic mass is 16.5. The monoisotopic (exact) mass is 291 g/mol. The summed E-state index contributed by atoms with van der Waals surface area (Å²) >= 11 is 0. The van der Waals surface area contributed by atoms with Gasteiger partial charge in [-0.05, 0) is 25.5 Å². The Balaban J connectivity index is 1.66. The summed E-state index contributed by atoms with van der Waals surface area (Å²) in [5, 5.41) is 6.91. The van der Waals surface area contributed by atoms with E-state index in [0.717, 1.165) is 31.3 Å². The summed E-state index contributed by atoms with van der Waals surface area (Å²) in [6.07, 6.45) is 3.22. The number of guanidine groups is 1. The summed E-state index contributed by atoms with van der Waals surface area (Å²) < 4.78 is 11.2. The first kappa shape index (κ1) is 14.4. The van der Waals surface area contributed by atoms with E-state index in [1.807, 2.05) is 12.1 Å². The molecule has 3 unspecified atom stereocenters. The Morgan fingerprint density at radius 1 is 1.48 bits per heavy atom. The standard InChI is InChI=1S/C16H25N3O2/c1-4-17-15(18-10-11-6-5-8-20-11)19-13-12-7-9-21-14(12)16(13,2)3/h5-6,8,12-14H,4,7,9-10H2,1-3H3,(H2,17,18,19). The van der Waals surface area contributed by atoms with Gasteiger partial charge in [-0.3, -0.25) is 0 Å². The van der Waals surface area contributed by atoms with Crippen LogP contribution in [0.1, 0.15) is 33.0 Å². The fraction of sp³-hybridized carbons (Fsp3) is 0.688. The third-order valence-electron chi connectivity index (χ3n) is 4.71. The molecule has 1 aromatic heterocycles. The maximum atomic E-state index is 5.84. The second kappa shape index (κ2) is 5.72. The van der Waals surface area contributed by atoms with E-state index in [1.54, 1.807) is 6.26 Å². The minimum atomic E-state index is 0.155. The van der Waals surface area contributed by atoms with Gasteiger partial charge in [0.25, 0.3) is 0 Å². The molecule has 5 heteroatoms. The summed E-state index contributed by atoms with van der Waals surface area (Å²) in [4.78, 5) is 4.62. The molecule has 3 atom stereocenters. The molecule has 0 amide bonds. The lowest BCUT2D eigenvalue weighted by molar-refractivity contribution is -0.106. The Hall–Kier alpha value is -1.49. The van der Waals surface area contributed by atoms with Gasteiger partial charge in [0, 0.05) is 30.5 Å². The largest absolute Gasteiger partial charge is 0.467 e. The van der Waals surface area contributed by atoms with Gasteiger partial charge in [0.2, 0.25) is 0 Å². The normalized spacial score (nSPS) is 30.6. The van der Waals surface area contributed by atoms with Crippen molar-refractivity contribution in [3.63, 3.8) is 0 Å². The molecule has 0 radical (unpaired) electrons. The van der Waals surface area contributed by atoms with E-state index < -0.39 is 0 Å². The van der Waals surface area contributed by atoms with Crippen LogP contribution in [0.15, 0.2) is 27.8 Å². The van der Waals surface area contributed by atoms with Crippen molar-refractivity contribution in [3.8, 4) is 0 Å². The van der Waals surface area contributed by atoms with Crippen molar-refractivity contribution in [2.24, 2.45) is 16.3 Å². The Kier molecular flexibility index (Phi) is 3.93. The van der Waals surface area contributed by atoms with Crippen LogP contribution in [-0.2, 0) is 11.3 Å². The summed E-state index contributed by atoms with van der Waals surface area (Å²) in [6.45, 7) is 8.91. The average molecular weight is 291 g/mol. The van der Waals surface area contributed by atoms with Gasteiger partial charge in [0.1, 0.15) is 12.3 Å². The molecule has 2 heterocycles. The fourth-order valence-electron chi connectivity index (χ4n) is 3.64. The van der Waals surface area contributed by atoms with Crippen molar-refractivity contribution in [3.05, 3.63) is 24.2 Å². The maximum absolute atomic E-state index is 5.84. The van der Waals surface area contributed by atoms with Crippen molar-refractivity contribution in [2.75, 3.05) is 13.2 Å². The van der Waals surface area contributed by atoms with Gasteiger partial charge in [0.15, 0.2) is 5.96 Å². The zero-order valence-electron chi connectivity index (χ0n) is 13.1. The zero-order chi connectivity index (χ0) is 14.9. The Morgan fingerprint density at radius 2 is 2.33 bits per heavy atom. The maximum Gasteiger partial charge on any atom is 0.191 e. The van der Waals surface area contributed by atoms with Gasteiger partial charge in [-0.1, -0.05) is 13.8 Å². The summed E-state index contributed by atoms with van der Waals surface area (Å²) in [6, 6.07) is 4.25. The van der Waals surface area contributed by atoms with Crippen LogP contribution in [-0.4, -0.2) is 31.3 Å². The van der Waals surface area contributed by atoms with Gasteiger partial charge in [-0.2, -0.15) is 0 Å². The molecule has 21 heavy (non-hydrogen) atoms. The molecule has 2 N–H and O–H groups in total. The third kappa shape index (κ3) is 2.67. The van der Waals surface area contributed by atoms with Crippen LogP contribution in [0, 0.1) is 11.3 Å². The molecule has 116 valence electrons. The molecule has 1 saturated carbocycles. The summed E-state index contributed by atoms with van der Waals surface area (Å²) in [7, 11) is 0. The quantitative estimate of drug-likeness (QED) is 0.659. The number of fused-ring (bicyclic) bond motifs is 1. The second-order valence-corrected chi connectivity index (χ2v) is 6.46. The van der Waals surface area contributed by atoms with Crippen LogP contribution in [0.3, 0.4) is 0 Å². The van der Waals surface area contributed by atoms with E-state index in [4.69, 9.17) is 9.15 Å². The molecule has 5 nitrogen and oxygen atoms in total. The Labute approximate surface area is 126 Å². The highest BCUT2D eigenvalue weighted by Crippen LogP contribution is 2.52. The van der Waals surface area contributed by atoms with E-state index in [2.05, 4.69) is 36.4 Å². The summed E-state index contributed by atoms with van der Waals surface area (Å²) in [5.41, 5.74) is 0.155. The molecule has 2 fully saturated rings. The lowest BCUT2D eigenvalue weighted by Gasteiger charge is -2.54. The molecule has 1 aliphatic heterocycles. The van der Waals surface area contributed by atoms with E-state index in [-0.39, 0.29) is 5.41 Å². The first-order chi connectivity index (χ1) is 10.1. The van der Waals surface area contributed by atoms with Crippen LogP contribution in [0.4, 0.5) is 0 Å². The van der Waals surface area contributed by atoms with Crippen LogP contribution >= 0.6 is 0 Å². The topological polar surface area (TPSA) is 58.8 Å². The number of nitrogens with one attached hydrogen (secondary N) is 2. The second-order valence-electron chi connectivity index (χ2n) is 6.46.